The average molecular weight is 250 g/mol. The lowest BCUT2D eigenvalue weighted by atomic mass is 9.91. The van der Waals surface area contributed by atoms with Gasteiger partial charge in [-0.3, -0.25) is 4.90 Å². The van der Waals surface area contributed by atoms with E-state index in [1.807, 2.05) is 6.20 Å². The highest BCUT2D eigenvalue weighted by Gasteiger charge is 2.22. The Morgan fingerprint density at radius 1 is 1.39 bits per heavy atom. The van der Waals surface area contributed by atoms with Gasteiger partial charge in [-0.2, -0.15) is 0 Å². The number of hydrogen-bond donors (Lipinski definition) is 1. The van der Waals surface area contributed by atoms with Crippen LogP contribution in [0.5, 0.6) is 0 Å². The molecule has 0 amide bonds. The SMILES string of the molecule is CCN(CCn1ccnc1C)C1CCC(N)CC1. The van der Waals surface area contributed by atoms with Crippen LogP contribution in [0.25, 0.3) is 0 Å². The Hall–Kier alpha value is -0.870. The standard InChI is InChI=1S/C14H26N4/c1-3-17(14-6-4-13(15)5-7-14)10-11-18-9-8-16-12(18)2/h8-9,13-14H,3-7,10-11,15H2,1-2H3. The summed E-state index contributed by atoms with van der Waals surface area (Å²) in [6.45, 7) is 7.62. The summed E-state index contributed by atoms with van der Waals surface area (Å²) in [5, 5.41) is 0. The van der Waals surface area contributed by atoms with Crippen LogP contribution >= 0.6 is 0 Å². The lowest BCUT2D eigenvalue weighted by Gasteiger charge is -2.35. The molecule has 0 spiro atoms. The average Bonchev–Trinajstić information content (AvgIpc) is 2.78. The van der Waals surface area contributed by atoms with E-state index in [0.717, 1.165) is 31.5 Å². The first-order valence-electron chi connectivity index (χ1n) is 7.18. The van der Waals surface area contributed by atoms with Crippen molar-refractivity contribution in [3.05, 3.63) is 18.2 Å². The van der Waals surface area contributed by atoms with Gasteiger partial charge in [0.2, 0.25) is 0 Å². The Balaban J connectivity index is 1.84. The van der Waals surface area contributed by atoms with E-state index in [9.17, 15) is 0 Å². The van der Waals surface area contributed by atoms with E-state index in [-0.39, 0.29) is 0 Å². The van der Waals surface area contributed by atoms with Crippen LogP contribution in [0.3, 0.4) is 0 Å². The van der Waals surface area contributed by atoms with Crippen LogP contribution in [0.15, 0.2) is 12.4 Å². The molecule has 102 valence electrons. The molecule has 1 heterocycles. The molecule has 2 N–H and O–H groups in total. The number of nitrogens with zero attached hydrogens (tertiary/aromatic N) is 3. The summed E-state index contributed by atoms with van der Waals surface area (Å²) < 4.78 is 2.23. The van der Waals surface area contributed by atoms with Crippen molar-refractivity contribution in [2.45, 2.75) is 58.2 Å². The highest BCUT2D eigenvalue weighted by atomic mass is 15.2. The number of imidazole rings is 1. The van der Waals surface area contributed by atoms with Crippen LogP contribution in [0.2, 0.25) is 0 Å². The van der Waals surface area contributed by atoms with Gasteiger partial charge in [-0.1, -0.05) is 6.92 Å². The lowest BCUT2D eigenvalue weighted by Crippen LogP contribution is -2.42. The number of rotatable bonds is 5. The fraction of sp³-hybridized carbons (Fsp3) is 0.786. The molecule has 1 aliphatic rings. The van der Waals surface area contributed by atoms with Gasteiger partial charge in [0.25, 0.3) is 0 Å². The monoisotopic (exact) mass is 250 g/mol. The predicted molar refractivity (Wildman–Crippen MR) is 74.4 cm³/mol. The fourth-order valence-corrected chi connectivity index (χ4v) is 2.94. The molecule has 0 atom stereocenters. The van der Waals surface area contributed by atoms with Crippen LogP contribution in [0.1, 0.15) is 38.4 Å². The number of hydrogen-bond acceptors (Lipinski definition) is 3. The first-order chi connectivity index (χ1) is 8.70. The third kappa shape index (κ3) is 3.33. The summed E-state index contributed by atoms with van der Waals surface area (Å²) in [6.07, 6.45) is 8.84. The topological polar surface area (TPSA) is 47.1 Å². The van der Waals surface area contributed by atoms with Crippen molar-refractivity contribution in [3.8, 4) is 0 Å². The second-order valence-corrected chi connectivity index (χ2v) is 5.37. The maximum atomic E-state index is 5.98. The Labute approximate surface area is 110 Å². The molecular weight excluding hydrogens is 224 g/mol. The summed E-state index contributed by atoms with van der Waals surface area (Å²) in [7, 11) is 0. The third-order valence-corrected chi connectivity index (χ3v) is 4.22. The second-order valence-electron chi connectivity index (χ2n) is 5.37. The minimum atomic E-state index is 0.441. The van der Waals surface area contributed by atoms with E-state index in [4.69, 9.17) is 5.73 Å². The summed E-state index contributed by atoms with van der Waals surface area (Å²) in [5.74, 6) is 1.11. The maximum Gasteiger partial charge on any atom is 0.105 e. The molecule has 4 nitrogen and oxygen atoms in total. The molecule has 18 heavy (non-hydrogen) atoms. The molecule has 0 aliphatic heterocycles. The molecule has 1 fully saturated rings. The molecular formula is C14H26N4. The first kappa shape index (κ1) is 13.6. The zero-order valence-electron chi connectivity index (χ0n) is 11.7. The molecule has 1 aromatic heterocycles. The van der Waals surface area contributed by atoms with Gasteiger partial charge in [-0.05, 0) is 39.2 Å². The van der Waals surface area contributed by atoms with Gasteiger partial charge in [0, 0.05) is 37.6 Å². The number of aryl methyl sites for hydroxylation is 1. The van der Waals surface area contributed by atoms with Gasteiger partial charge in [-0.25, -0.2) is 4.98 Å². The highest BCUT2D eigenvalue weighted by Crippen LogP contribution is 2.21. The Bertz CT molecular complexity index is 352. The van der Waals surface area contributed by atoms with Crippen LogP contribution in [-0.2, 0) is 6.54 Å². The van der Waals surface area contributed by atoms with Crippen molar-refractivity contribution in [2.24, 2.45) is 5.73 Å². The highest BCUT2D eigenvalue weighted by molar-refractivity contribution is 4.89. The van der Waals surface area contributed by atoms with Gasteiger partial charge >= 0.3 is 0 Å². The minimum Gasteiger partial charge on any atom is -0.334 e. The number of nitrogens with two attached hydrogens (primary N) is 1. The van der Waals surface area contributed by atoms with E-state index >= 15 is 0 Å². The first-order valence-corrected chi connectivity index (χ1v) is 7.18. The smallest absolute Gasteiger partial charge is 0.105 e. The van der Waals surface area contributed by atoms with Gasteiger partial charge in [0.1, 0.15) is 5.82 Å². The van der Waals surface area contributed by atoms with Gasteiger partial charge in [0.15, 0.2) is 0 Å². The normalized spacial score (nSPS) is 24.7. The van der Waals surface area contributed by atoms with Crippen LogP contribution in [0.4, 0.5) is 0 Å². The number of aromatic nitrogens is 2. The molecule has 0 radical (unpaired) electrons. The fourth-order valence-electron chi connectivity index (χ4n) is 2.94. The molecule has 1 aliphatic carbocycles. The van der Waals surface area contributed by atoms with Gasteiger partial charge in [-0.15, -0.1) is 0 Å². The zero-order valence-corrected chi connectivity index (χ0v) is 11.7. The van der Waals surface area contributed by atoms with Crippen LogP contribution in [0, 0.1) is 6.92 Å². The lowest BCUT2D eigenvalue weighted by molar-refractivity contribution is 0.151. The summed E-state index contributed by atoms with van der Waals surface area (Å²) in [4.78, 5) is 6.87. The van der Waals surface area contributed by atoms with Crippen molar-refractivity contribution in [1.29, 1.82) is 0 Å². The molecule has 1 saturated carbocycles. The molecule has 1 aromatic rings. The van der Waals surface area contributed by atoms with E-state index in [0.29, 0.717) is 6.04 Å². The largest absolute Gasteiger partial charge is 0.334 e. The maximum absolute atomic E-state index is 5.98. The summed E-state index contributed by atoms with van der Waals surface area (Å²) >= 11 is 0. The van der Waals surface area contributed by atoms with Crippen molar-refractivity contribution in [3.63, 3.8) is 0 Å². The van der Waals surface area contributed by atoms with E-state index in [2.05, 4.69) is 34.5 Å². The molecule has 2 rings (SSSR count). The van der Waals surface area contributed by atoms with Crippen molar-refractivity contribution >= 4 is 0 Å². The third-order valence-electron chi connectivity index (χ3n) is 4.22. The Morgan fingerprint density at radius 3 is 2.67 bits per heavy atom. The van der Waals surface area contributed by atoms with Crippen molar-refractivity contribution in [1.82, 2.24) is 14.5 Å². The Morgan fingerprint density at radius 2 is 2.11 bits per heavy atom. The van der Waals surface area contributed by atoms with Gasteiger partial charge < -0.3 is 10.3 Å². The van der Waals surface area contributed by atoms with Crippen molar-refractivity contribution in [2.75, 3.05) is 13.1 Å². The minimum absolute atomic E-state index is 0.441. The molecule has 0 unspecified atom stereocenters. The predicted octanol–water partition coefficient (Wildman–Crippen LogP) is 1.78. The molecule has 4 heteroatoms. The van der Waals surface area contributed by atoms with E-state index in [1.165, 1.54) is 25.7 Å². The van der Waals surface area contributed by atoms with E-state index in [1.54, 1.807) is 0 Å². The molecule has 0 bridgehead atoms. The summed E-state index contributed by atoms with van der Waals surface area (Å²) in [5.41, 5.74) is 5.98. The second kappa shape index (κ2) is 6.34. The van der Waals surface area contributed by atoms with Crippen LogP contribution in [-0.4, -0.2) is 39.6 Å². The Kier molecular flexibility index (Phi) is 4.78. The van der Waals surface area contributed by atoms with Crippen molar-refractivity contribution < 1.29 is 0 Å². The quantitative estimate of drug-likeness (QED) is 0.866. The number of likely N-dealkylation sites (N-methyl/N-ethyl adjacent to an activating group) is 1. The molecule has 0 aromatic carbocycles. The molecule has 0 saturated heterocycles. The van der Waals surface area contributed by atoms with E-state index < -0.39 is 0 Å². The van der Waals surface area contributed by atoms with Crippen LogP contribution < -0.4 is 5.73 Å². The van der Waals surface area contributed by atoms with Gasteiger partial charge in [0.05, 0.1) is 0 Å². The zero-order chi connectivity index (χ0) is 13.0. The summed E-state index contributed by atoms with van der Waals surface area (Å²) in [6, 6.07) is 1.18.